The highest BCUT2D eigenvalue weighted by Crippen LogP contribution is 2.25. The van der Waals surface area contributed by atoms with E-state index in [1.165, 1.54) is 6.07 Å². The van der Waals surface area contributed by atoms with E-state index in [0.29, 0.717) is 0 Å². The molecule has 0 spiro atoms. The number of carboxylic acid groups (broad SMARTS) is 1. The van der Waals surface area contributed by atoms with E-state index < -0.39 is 34.9 Å². The number of pyridine rings is 1. The molecule has 0 radical (unpaired) electrons. The maximum Gasteiger partial charge on any atom is 0.354 e. The van der Waals surface area contributed by atoms with Gasteiger partial charge in [0.05, 0.1) is 0 Å². The first-order valence-corrected chi connectivity index (χ1v) is 6.80. The number of rotatable bonds is 4. The normalized spacial score (nSPS) is 10.7. The fourth-order valence-electron chi connectivity index (χ4n) is 1.94. The van der Waals surface area contributed by atoms with Crippen LogP contribution < -0.4 is 5.32 Å². The maximum atomic E-state index is 14.0. The van der Waals surface area contributed by atoms with Crippen LogP contribution in [0, 0.1) is 11.6 Å². The lowest BCUT2D eigenvalue weighted by molar-refractivity contribution is 0.0690. The predicted molar refractivity (Wildman–Crippen MR) is 79.2 cm³/mol. The van der Waals surface area contributed by atoms with Gasteiger partial charge in [0.25, 0.3) is 5.91 Å². The van der Waals surface area contributed by atoms with Crippen LogP contribution in [0.1, 0.15) is 34.7 Å². The molecule has 2 aromatic rings. The molecule has 0 aliphatic heterocycles. The number of hydrogen-bond acceptors (Lipinski definition) is 3. The van der Waals surface area contributed by atoms with Crippen molar-refractivity contribution in [2.24, 2.45) is 0 Å². The summed E-state index contributed by atoms with van der Waals surface area (Å²) >= 11 is 0. The standard InChI is InChI=1S/C16H14F2N2O3/c1-8(2)19-15(21)9-3-4-11(17)10(7-9)14-12(18)5-6-13(20-14)16(22)23/h3-8H,1-2H3,(H,19,21)(H,22,23). The van der Waals surface area contributed by atoms with E-state index >= 15 is 0 Å². The van der Waals surface area contributed by atoms with Gasteiger partial charge in [-0.2, -0.15) is 0 Å². The minimum absolute atomic E-state index is 0.122. The molecule has 0 aliphatic rings. The van der Waals surface area contributed by atoms with Crippen molar-refractivity contribution in [1.82, 2.24) is 10.3 Å². The second-order valence-electron chi connectivity index (χ2n) is 5.15. The Hall–Kier alpha value is -2.83. The Morgan fingerprint density at radius 3 is 2.39 bits per heavy atom. The largest absolute Gasteiger partial charge is 0.477 e. The summed E-state index contributed by atoms with van der Waals surface area (Å²) in [5, 5.41) is 11.5. The molecule has 7 heteroatoms. The third-order valence-electron chi connectivity index (χ3n) is 2.97. The Balaban J connectivity index is 2.53. The van der Waals surface area contributed by atoms with Gasteiger partial charge in [-0.25, -0.2) is 18.6 Å². The molecule has 1 heterocycles. The smallest absolute Gasteiger partial charge is 0.354 e. The Bertz CT molecular complexity index is 776. The number of nitrogens with one attached hydrogen (secondary N) is 1. The molecule has 120 valence electrons. The van der Waals surface area contributed by atoms with Crippen LogP contribution in [0.3, 0.4) is 0 Å². The maximum absolute atomic E-state index is 14.0. The summed E-state index contributed by atoms with van der Waals surface area (Å²) in [5.74, 6) is -3.49. The number of carbonyl (C=O) groups excluding carboxylic acids is 1. The van der Waals surface area contributed by atoms with Crippen LogP contribution in [0.2, 0.25) is 0 Å². The molecule has 0 atom stereocenters. The number of benzene rings is 1. The van der Waals surface area contributed by atoms with Crippen molar-refractivity contribution in [2.45, 2.75) is 19.9 Å². The van der Waals surface area contributed by atoms with Crippen LogP contribution in [-0.2, 0) is 0 Å². The molecule has 1 aromatic carbocycles. The summed E-state index contributed by atoms with van der Waals surface area (Å²) in [5.41, 5.74) is -1.03. The van der Waals surface area contributed by atoms with E-state index in [1.807, 2.05) is 0 Å². The van der Waals surface area contributed by atoms with E-state index in [2.05, 4.69) is 10.3 Å². The first kappa shape index (κ1) is 16.5. The number of aromatic nitrogens is 1. The molecule has 2 rings (SSSR count). The van der Waals surface area contributed by atoms with Crippen molar-refractivity contribution < 1.29 is 23.5 Å². The van der Waals surface area contributed by atoms with E-state index in [9.17, 15) is 18.4 Å². The van der Waals surface area contributed by atoms with Gasteiger partial charge in [-0.05, 0) is 44.2 Å². The molecule has 0 saturated carbocycles. The quantitative estimate of drug-likeness (QED) is 0.908. The summed E-state index contributed by atoms with van der Waals surface area (Å²) < 4.78 is 27.9. The third kappa shape index (κ3) is 3.68. The van der Waals surface area contributed by atoms with Gasteiger partial charge in [0, 0.05) is 17.2 Å². The zero-order valence-electron chi connectivity index (χ0n) is 12.4. The summed E-state index contributed by atoms with van der Waals surface area (Å²) in [6, 6.07) is 5.17. The molecular formula is C16H14F2N2O3. The van der Waals surface area contributed by atoms with Gasteiger partial charge in [-0.3, -0.25) is 4.79 Å². The molecule has 1 amide bonds. The molecular weight excluding hydrogens is 306 g/mol. The van der Waals surface area contributed by atoms with Crippen LogP contribution >= 0.6 is 0 Å². The molecule has 0 bridgehead atoms. The van der Waals surface area contributed by atoms with Crippen molar-refractivity contribution in [1.29, 1.82) is 0 Å². The van der Waals surface area contributed by atoms with Crippen molar-refractivity contribution in [2.75, 3.05) is 0 Å². The van der Waals surface area contributed by atoms with E-state index in [4.69, 9.17) is 5.11 Å². The highest BCUT2D eigenvalue weighted by atomic mass is 19.1. The highest BCUT2D eigenvalue weighted by molar-refractivity contribution is 5.95. The van der Waals surface area contributed by atoms with Crippen molar-refractivity contribution in [3.63, 3.8) is 0 Å². The number of hydrogen-bond donors (Lipinski definition) is 2. The fourth-order valence-corrected chi connectivity index (χ4v) is 1.94. The fraction of sp³-hybridized carbons (Fsp3) is 0.188. The first-order chi connectivity index (χ1) is 10.8. The van der Waals surface area contributed by atoms with Crippen LogP contribution in [0.15, 0.2) is 30.3 Å². The van der Waals surface area contributed by atoms with Gasteiger partial charge >= 0.3 is 5.97 Å². The summed E-state index contributed by atoms with van der Waals surface area (Å²) in [6.07, 6.45) is 0. The second-order valence-corrected chi connectivity index (χ2v) is 5.15. The summed E-state index contributed by atoms with van der Waals surface area (Å²) in [7, 11) is 0. The van der Waals surface area contributed by atoms with Crippen LogP contribution in [0.4, 0.5) is 8.78 Å². The van der Waals surface area contributed by atoms with Gasteiger partial charge < -0.3 is 10.4 Å². The molecule has 2 N–H and O–H groups in total. The van der Waals surface area contributed by atoms with Gasteiger partial charge in [0.1, 0.15) is 23.0 Å². The second kappa shape index (κ2) is 6.51. The number of carboxylic acids is 1. The van der Waals surface area contributed by atoms with Gasteiger partial charge in [0.2, 0.25) is 0 Å². The number of halogens is 2. The number of aromatic carboxylic acids is 1. The van der Waals surface area contributed by atoms with Crippen LogP contribution in [0.5, 0.6) is 0 Å². The molecule has 0 fully saturated rings. The van der Waals surface area contributed by atoms with E-state index in [-0.39, 0.29) is 17.2 Å². The summed E-state index contributed by atoms with van der Waals surface area (Å²) in [4.78, 5) is 26.5. The number of nitrogens with zero attached hydrogens (tertiary/aromatic N) is 1. The lowest BCUT2D eigenvalue weighted by Crippen LogP contribution is -2.30. The Morgan fingerprint density at radius 1 is 1.13 bits per heavy atom. The third-order valence-corrected chi connectivity index (χ3v) is 2.97. The SMILES string of the molecule is CC(C)NC(=O)c1ccc(F)c(-c2nc(C(=O)O)ccc2F)c1. The minimum atomic E-state index is -1.36. The van der Waals surface area contributed by atoms with E-state index in [0.717, 1.165) is 24.3 Å². The van der Waals surface area contributed by atoms with Gasteiger partial charge in [-0.15, -0.1) is 0 Å². The Kier molecular flexibility index (Phi) is 4.68. The molecule has 0 unspecified atom stereocenters. The minimum Gasteiger partial charge on any atom is -0.477 e. The van der Waals surface area contributed by atoms with Crippen molar-refractivity contribution in [3.8, 4) is 11.3 Å². The zero-order valence-corrected chi connectivity index (χ0v) is 12.4. The molecule has 5 nitrogen and oxygen atoms in total. The Labute approximate surface area is 131 Å². The monoisotopic (exact) mass is 320 g/mol. The first-order valence-electron chi connectivity index (χ1n) is 6.80. The van der Waals surface area contributed by atoms with Crippen molar-refractivity contribution in [3.05, 3.63) is 53.2 Å². The average molecular weight is 320 g/mol. The molecule has 0 aliphatic carbocycles. The predicted octanol–water partition coefficient (Wildman–Crippen LogP) is 2.86. The lowest BCUT2D eigenvalue weighted by atomic mass is 10.0. The zero-order chi connectivity index (χ0) is 17.1. The lowest BCUT2D eigenvalue weighted by Gasteiger charge is -2.10. The van der Waals surface area contributed by atoms with Crippen molar-refractivity contribution >= 4 is 11.9 Å². The number of amides is 1. The molecule has 0 saturated heterocycles. The van der Waals surface area contributed by atoms with Gasteiger partial charge in [-0.1, -0.05) is 0 Å². The number of carbonyl (C=O) groups is 2. The highest BCUT2D eigenvalue weighted by Gasteiger charge is 2.18. The van der Waals surface area contributed by atoms with Crippen LogP contribution in [0.25, 0.3) is 11.3 Å². The van der Waals surface area contributed by atoms with Gasteiger partial charge in [0.15, 0.2) is 0 Å². The van der Waals surface area contributed by atoms with Crippen LogP contribution in [-0.4, -0.2) is 28.0 Å². The Morgan fingerprint density at radius 2 is 1.78 bits per heavy atom. The summed E-state index contributed by atoms with van der Waals surface area (Å²) in [6.45, 7) is 3.53. The average Bonchev–Trinajstić information content (AvgIpc) is 2.47. The molecule has 23 heavy (non-hydrogen) atoms. The molecule has 1 aromatic heterocycles. The topological polar surface area (TPSA) is 79.3 Å². The van der Waals surface area contributed by atoms with E-state index in [1.54, 1.807) is 13.8 Å².